The molecule has 2 aliphatic rings. The third-order valence-corrected chi connectivity index (χ3v) is 6.60. The maximum Gasteiger partial charge on any atom is 0.326 e. The molecule has 0 radical (unpaired) electrons. The minimum atomic E-state index is -0.838. The third-order valence-electron chi connectivity index (χ3n) is 6.60. The van der Waals surface area contributed by atoms with Gasteiger partial charge in [0.15, 0.2) is 6.61 Å². The maximum atomic E-state index is 12.7. The van der Waals surface area contributed by atoms with Crippen LogP contribution in [0.15, 0.2) is 48.5 Å². The molecule has 4 amide bonds. The number of nitrogens with zero attached hydrogens (tertiary/aromatic N) is 1. The summed E-state index contributed by atoms with van der Waals surface area (Å²) in [5, 5.41) is 5.40. The van der Waals surface area contributed by atoms with Crippen molar-refractivity contribution in [3.63, 3.8) is 0 Å². The van der Waals surface area contributed by atoms with E-state index in [9.17, 15) is 24.0 Å². The molecule has 2 N–H and O–H groups in total. The molecule has 0 aromatic heterocycles. The van der Waals surface area contributed by atoms with Crippen molar-refractivity contribution in [2.24, 2.45) is 11.8 Å². The summed E-state index contributed by atoms with van der Waals surface area (Å²) in [4.78, 5) is 63.3. The quantitative estimate of drug-likeness (QED) is 0.432. The molecular weight excluding hydrogens is 462 g/mol. The number of hydrogen-bond donors (Lipinski definition) is 2. The number of benzene rings is 2. The third kappa shape index (κ3) is 5.79. The number of imide groups is 1. The maximum absolute atomic E-state index is 12.7. The number of carbonyl (C=O) groups is 5. The second-order valence-electron chi connectivity index (χ2n) is 9.18. The molecule has 0 unspecified atom stereocenters. The van der Waals surface area contributed by atoms with E-state index in [0.717, 1.165) is 28.9 Å². The van der Waals surface area contributed by atoms with Gasteiger partial charge in [-0.2, -0.15) is 0 Å². The summed E-state index contributed by atoms with van der Waals surface area (Å²) in [6.45, 7) is 1.20. The standard InChI is InChI=1S/C27H29N3O6/c1-17-10-12-18(13-11-17)14-28-25(33)21-8-4-5-9-22(21)29-23(31)16-36-24(32)15-30-26(34)19-6-2-3-7-20(19)27(30)35/h4-5,8-13,19-20H,2-3,6-7,14-16H2,1H3,(H,28,33)(H,29,31)/t19-,20-/m0/s1. The van der Waals surface area contributed by atoms with Crippen LogP contribution in [0.5, 0.6) is 0 Å². The van der Waals surface area contributed by atoms with E-state index in [4.69, 9.17) is 4.74 Å². The molecule has 4 rings (SSSR count). The Kier molecular flexibility index (Phi) is 7.77. The van der Waals surface area contributed by atoms with Gasteiger partial charge in [0.25, 0.3) is 11.8 Å². The normalized spacial score (nSPS) is 19.0. The number of rotatable bonds is 8. The average molecular weight is 492 g/mol. The number of para-hydroxylation sites is 1. The van der Waals surface area contributed by atoms with Crippen molar-refractivity contribution < 1.29 is 28.7 Å². The van der Waals surface area contributed by atoms with E-state index in [1.54, 1.807) is 24.3 Å². The number of amides is 4. The number of esters is 1. The van der Waals surface area contributed by atoms with E-state index in [-0.39, 0.29) is 40.8 Å². The fourth-order valence-corrected chi connectivity index (χ4v) is 4.67. The highest BCUT2D eigenvalue weighted by atomic mass is 16.5. The van der Waals surface area contributed by atoms with Crippen LogP contribution in [0.3, 0.4) is 0 Å². The second kappa shape index (κ2) is 11.2. The Hall–Kier alpha value is -4.01. The first kappa shape index (κ1) is 25.1. The lowest BCUT2D eigenvalue weighted by Gasteiger charge is -2.19. The van der Waals surface area contributed by atoms with Gasteiger partial charge in [0.05, 0.1) is 23.1 Å². The molecule has 2 atom stereocenters. The van der Waals surface area contributed by atoms with Crippen molar-refractivity contribution in [2.75, 3.05) is 18.5 Å². The Bertz CT molecular complexity index is 1150. The summed E-state index contributed by atoms with van der Waals surface area (Å²) >= 11 is 0. The monoisotopic (exact) mass is 491 g/mol. The fourth-order valence-electron chi connectivity index (χ4n) is 4.67. The first-order valence-corrected chi connectivity index (χ1v) is 12.1. The van der Waals surface area contributed by atoms with E-state index >= 15 is 0 Å². The van der Waals surface area contributed by atoms with Crippen molar-refractivity contribution in [1.82, 2.24) is 10.2 Å². The summed E-state index contributed by atoms with van der Waals surface area (Å²) in [7, 11) is 0. The first-order chi connectivity index (χ1) is 17.3. The molecule has 36 heavy (non-hydrogen) atoms. The topological polar surface area (TPSA) is 122 Å². The van der Waals surface area contributed by atoms with E-state index in [1.807, 2.05) is 31.2 Å². The van der Waals surface area contributed by atoms with Gasteiger partial charge in [-0.15, -0.1) is 0 Å². The van der Waals surface area contributed by atoms with E-state index in [0.29, 0.717) is 19.4 Å². The van der Waals surface area contributed by atoms with Crippen LogP contribution in [-0.2, 0) is 30.5 Å². The van der Waals surface area contributed by atoms with Crippen molar-refractivity contribution in [1.29, 1.82) is 0 Å². The molecule has 1 heterocycles. The second-order valence-corrected chi connectivity index (χ2v) is 9.18. The minimum Gasteiger partial charge on any atom is -0.454 e. The Morgan fingerprint density at radius 1 is 0.944 bits per heavy atom. The Morgan fingerprint density at radius 2 is 1.58 bits per heavy atom. The van der Waals surface area contributed by atoms with Gasteiger partial charge in [-0.25, -0.2) is 0 Å². The van der Waals surface area contributed by atoms with Crippen LogP contribution in [0.2, 0.25) is 0 Å². The summed E-state index contributed by atoms with van der Waals surface area (Å²) in [5.41, 5.74) is 2.60. The molecule has 1 saturated heterocycles. The molecule has 9 nitrogen and oxygen atoms in total. The van der Waals surface area contributed by atoms with Gasteiger partial charge in [-0.05, 0) is 37.5 Å². The highest BCUT2D eigenvalue weighted by Crippen LogP contribution is 2.37. The number of anilines is 1. The summed E-state index contributed by atoms with van der Waals surface area (Å²) < 4.78 is 5.01. The minimum absolute atomic E-state index is 0.264. The molecule has 1 aliphatic carbocycles. The van der Waals surface area contributed by atoms with Crippen LogP contribution in [0.25, 0.3) is 0 Å². The predicted molar refractivity (Wildman–Crippen MR) is 131 cm³/mol. The van der Waals surface area contributed by atoms with Gasteiger partial charge in [0.2, 0.25) is 11.8 Å². The van der Waals surface area contributed by atoms with Gasteiger partial charge in [-0.1, -0.05) is 54.8 Å². The predicted octanol–water partition coefficient (Wildman–Crippen LogP) is 2.58. The molecular formula is C27H29N3O6. The Labute approximate surface area is 209 Å². The van der Waals surface area contributed by atoms with Gasteiger partial charge >= 0.3 is 5.97 Å². The van der Waals surface area contributed by atoms with Gasteiger partial charge in [-0.3, -0.25) is 28.9 Å². The zero-order valence-corrected chi connectivity index (χ0v) is 20.1. The lowest BCUT2D eigenvalue weighted by molar-refractivity contribution is -0.154. The van der Waals surface area contributed by atoms with Crippen molar-refractivity contribution in [3.8, 4) is 0 Å². The molecule has 9 heteroatoms. The number of carbonyl (C=O) groups excluding carboxylic acids is 5. The number of aryl methyl sites for hydroxylation is 1. The fraction of sp³-hybridized carbons (Fsp3) is 0.370. The van der Waals surface area contributed by atoms with Crippen LogP contribution in [-0.4, -0.2) is 47.6 Å². The number of fused-ring (bicyclic) bond motifs is 1. The largest absolute Gasteiger partial charge is 0.454 e. The number of ether oxygens (including phenoxy) is 1. The summed E-state index contributed by atoms with van der Waals surface area (Å²) in [6.07, 6.45) is 3.09. The highest BCUT2D eigenvalue weighted by Gasteiger charge is 2.48. The molecule has 1 saturated carbocycles. The van der Waals surface area contributed by atoms with Crippen molar-refractivity contribution >= 4 is 35.3 Å². The summed E-state index contributed by atoms with van der Waals surface area (Å²) in [6, 6.07) is 14.3. The van der Waals surface area contributed by atoms with E-state index < -0.39 is 25.0 Å². The zero-order valence-electron chi connectivity index (χ0n) is 20.1. The highest BCUT2D eigenvalue weighted by molar-refractivity contribution is 6.07. The van der Waals surface area contributed by atoms with Crippen molar-refractivity contribution in [3.05, 3.63) is 65.2 Å². The molecule has 2 aromatic carbocycles. The zero-order chi connectivity index (χ0) is 25.7. The molecule has 188 valence electrons. The number of likely N-dealkylation sites (tertiary alicyclic amines) is 1. The van der Waals surface area contributed by atoms with Gasteiger partial charge in [0.1, 0.15) is 6.54 Å². The molecule has 2 aromatic rings. The van der Waals surface area contributed by atoms with E-state index in [2.05, 4.69) is 10.6 Å². The lowest BCUT2D eigenvalue weighted by Crippen LogP contribution is -2.37. The van der Waals surface area contributed by atoms with E-state index in [1.165, 1.54) is 0 Å². The Morgan fingerprint density at radius 3 is 2.25 bits per heavy atom. The smallest absolute Gasteiger partial charge is 0.326 e. The van der Waals surface area contributed by atoms with Gasteiger partial charge in [0, 0.05) is 6.54 Å². The molecule has 2 fully saturated rings. The average Bonchev–Trinajstić information content (AvgIpc) is 3.12. The SMILES string of the molecule is Cc1ccc(CNC(=O)c2ccccc2NC(=O)COC(=O)CN2C(=O)[C@H]3CCCC[C@@H]3C2=O)cc1. The van der Waals surface area contributed by atoms with Crippen LogP contribution in [0.1, 0.15) is 47.2 Å². The number of nitrogens with one attached hydrogen (secondary N) is 2. The van der Waals surface area contributed by atoms with Crippen LogP contribution >= 0.6 is 0 Å². The molecule has 0 bridgehead atoms. The van der Waals surface area contributed by atoms with Crippen LogP contribution in [0, 0.1) is 18.8 Å². The van der Waals surface area contributed by atoms with Crippen LogP contribution < -0.4 is 10.6 Å². The lowest BCUT2D eigenvalue weighted by atomic mass is 9.81. The Balaban J connectivity index is 1.28. The van der Waals surface area contributed by atoms with Crippen molar-refractivity contribution in [2.45, 2.75) is 39.2 Å². The summed E-state index contributed by atoms with van der Waals surface area (Å²) in [5.74, 6) is -3.22. The molecule has 0 spiro atoms. The number of hydrogen-bond acceptors (Lipinski definition) is 6. The van der Waals surface area contributed by atoms with Gasteiger partial charge < -0.3 is 15.4 Å². The first-order valence-electron chi connectivity index (χ1n) is 12.1. The molecule has 1 aliphatic heterocycles. The van der Waals surface area contributed by atoms with Crippen LogP contribution in [0.4, 0.5) is 5.69 Å².